The fraction of sp³-hybridized carbons (Fsp3) is 0.588. The number of guanidine groups is 1. The maximum absolute atomic E-state index is 14.1. The summed E-state index contributed by atoms with van der Waals surface area (Å²) in [6.07, 6.45) is -1.75. The molecule has 0 saturated carbocycles. The minimum atomic E-state index is -2.44. The SMILES string of the molecule is CCC(c1ccc(F)cc1F)N1CCN(C(=NC)NCC(F)F)CC1.I. The van der Waals surface area contributed by atoms with Gasteiger partial charge in [0.1, 0.15) is 11.6 Å². The first-order valence-electron chi connectivity index (χ1n) is 8.39. The van der Waals surface area contributed by atoms with Gasteiger partial charge in [0.05, 0.1) is 6.54 Å². The van der Waals surface area contributed by atoms with E-state index in [2.05, 4.69) is 15.2 Å². The van der Waals surface area contributed by atoms with Crippen LogP contribution in [0.4, 0.5) is 17.6 Å². The highest BCUT2D eigenvalue weighted by Gasteiger charge is 2.27. The van der Waals surface area contributed by atoms with E-state index >= 15 is 0 Å². The van der Waals surface area contributed by atoms with Gasteiger partial charge >= 0.3 is 0 Å². The molecule has 0 bridgehead atoms. The van der Waals surface area contributed by atoms with E-state index < -0.39 is 24.6 Å². The molecule has 1 aliphatic rings. The molecule has 0 aromatic heterocycles. The average Bonchev–Trinajstić information content (AvgIpc) is 2.59. The van der Waals surface area contributed by atoms with E-state index in [0.717, 1.165) is 6.07 Å². The molecule has 9 heteroatoms. The second-order valence-electron chi connectivity index (χ2n) is 5.93. The van der Waals surface area contributed by atoms with Gasteiger partial charge in [0.2, 0.25) is 0 Å². The Balaban J connectivity index is 0.00000338. The Bertz CT molecular complexity index is 592. The molecule has 1 aliphatic heterocycles. The highest BCUT2D eigenvalue weighted by molar-refractivity contribution is 14.0. The molecule has 1 unspecified atom stereocenters. The molecule has 1 atom stereocenters. The third-order valence-electron chi connectivity index (χ3n) is 4.39. The number of piperazine rings is 1. The summed E-state index contributed by atoms with van der Waals surface area (Å²) in [5, 5.41) is 2.65. The normalized spacial score (nSPS) is 17.2. The first-order valence-corrected chi connectivity index (χ1v) is 8.39. The van der Waals surface area contributed by atoms with Crippen molar-refractivity contribution in [3.63, 3.8) is 0 Å². The lowest BCUT2D eigenvalue weighted by Gasteiger charge is -2.40. The van der Waals surface area contributed by atoms with Crippen LogP contribution < -0.4 is 5.32 Å². The zero-order valence-electron chi connectivity index (χ0n) is 14.9. The zero-order valence-corrected chi connectivity index (χ0v) is 17.2. The molecule has 1 N–H and O–H groups in total. The lowest BCUT2D eigenvalue weighted by Crippen LogP contribution is -2.53. The third kappa shape index (κ3) is 5.97. The average molecular weight is 488 g/mol. The van der Waals surface area contributed by atoms with Crippen LogP contribution in [0.25, 0.3) is 0 Å². The molecule has 1 fully saturated rings. The Labute approximate surface area is 168 Å². The third-order valence-corrected chi connectivity index (χ3v) is 4.39. The molecule has 0 radical (unpaired) electrons. The molecule has 1 saturated heterocycles. The zero-order chi connectivity index (χ0) is 18.4. The van der Waals surface area contributed by atoms with Crippen molar-refractivity contribution in [3.8, 4) is 0 Å². The summed E-state index contributed by atoms with van der Waals surface area (Å²) in [6, 6.07) is 3.53. The van der Waals surface area contributed by atoms with Gasteiger partial charge in [-0.3, -0.25) is 9.89 Å². The number of aliphatic imine (C=N–C) groups is 1. The molecular formula is C17H25F4IN4. The molecular weight excluding hydrogens is 463 g/mol. The number of nitrogens with zero attached hydrogens (tertiary/aromatic N) is 3. The number of benzene rings is 1. The topological polar surface area (TPSA) is 30.9 Å². The van der Waals surface area contributed by atoms with Crippen molar-refractivity contribution in [3.05, 3.63) is 35.4 Å². The number of rotatable bonds is 5. The van der Waals surface area contributed by atoms with E-state index in [1.165, 1.54) is 12.1 Å². The van der Waals surface area contributed by atoms with Gasteiger partial charge in [-0.15, -0.1) is 24.0 Å². The maximum Gasteiger partial charge on any atom is 0.255 e. The van der Waals surface area contributed by atoms with Gasteiger partial charge in [-0.1, -0.05) is 13.0 Å². The fourth-order valence-electron chi connectivity index (χ4n) is 3.19. The summed E-state index contributed by atoms with van der Waals surface area (Å²) in [7, 11) is 1.56. The number of hydrogen-bond acceptors (Lipinski definition) is 2. The van der Waals surface area contributed by atoms with Crippen LogP contribution in [0.2, 0.25) is 0 Å². The van der Waals surface area contributed by atoms with E-state index in [9.17, 15) is 17.6 Å². The lowest BCUT2D eigenvalue weighted by molar-refractivity contribution is 0.121. The van der Waals surface area contributed by atoms with Gasteiger partial charge in [0.25, 0.3) is 6.43 Å². The smallest absolute Gasteiger partial charge is 0.255 e. The number of hydrogen-bond donors (Lipinski definition) is 1. The van der Waals surface area contributed by atoms with Gasteiger partial charge in [-0.05, 0) is 12.5 Å². The quantitative estimate of drug-likeness (QED) is 0.298. The van der Waals surface area contributed by atoms with E-state index in [4.69, 9.17) is 0 Å². The molecule has 4 nitrogen and oxygen atoms in total. The monoisotopic (exact) mass is 488 g/mol. The molecule has 26 heavy (non-hydrogen) atoms. The van der Waals surface area contributed by atoms with Gasteiger partial charge in [0, 0.05) is 50.9 Å². The van der Waals surface area contributed by atoms with E-state index in [-0.39, 0.29) is 30.0 Å². The van der Waals surface area contributed by atoms with Crippen molar-refractivity contribution in [1.82, 2.24) is 15.1 Å². The van der Waals surface area contributed by atoms with Crippen LogP contribution in [0.15, 0.2) is 23.2 Å². The highest BCUT2D eigenvalue weighted by Crippen LogP contribution is 2.28. The Morgan fingerprint density at radius 3 is 2.35 bits per heavy atom. The van der Waals surface area contributed by atoms with Crippen molar-refractivity contribution >= 4 is 29.9 Å². The Morgan fingerprint density at radius 1 is 1.19 bits per heavy atom. The molecule has 0 spiro atoms. The van der Waals surface area contributed by atoms with Crippen LogP contribution in [0, 0.1) is 11.6 Å². The Hall–Kier alpha value is -1.10. The van der Waals surface area contributed by atoms with Gasteiger partial charge < -0.3 is 10.2 Å². The van der Waals surface area contributed by atoms with E-state index in [1.54, 1.807) is 7.05 Å². The van der Waals surface area contributed by atoms with Crippen molar-refractivity contribution in [2.45, 2.75) is 25.8 Å². The minimum absolute atomic E-state index is 0. The predicted octanol–water partition coefficient (Wildman–Crippen LogP) is 3.49. The summed E-state index contributed by atoms with van der Waals surface area (Å²) in [5.74, 6) is -0.681. The van der Waals surface area contributed by atoms with Crippen LogP contribution in [-0.4, -0.2) is 62.0 Å². The Kier molecular flexibility index (Phi) is 9.62. The molecule has 1 heterocycles. The molecule has 1 aromatic rings. The summed E-state index contributed by atoms with van der Waals surface area (Å²) < 4.78 is 52.0. The molecule has 0 amide bonds. The van der Waals surface area contributed by atoms with Crippen molar-refractivity contribution in [1.29, 1.82) is 0 Å². The van der Waals surface area contributed by atoms with Crippen LogP contribution in [0.3, 0.4) is 0 Å². The second kappa shape index (κ2) is 10.9. The fourth-order valence-corrected chi connectivity index (χ4v) is 3.19. The summed E-state index contributed by atoms with van der Waals surface area (Å²) in [4.78, 5) is 8.08. The first-order chi connectivity index (χ1) is 12.0. The predicted molar refractivity (Wildman–Crippen MR) is 105 cm³/mol. The molecule has 148 valence electrons. The molecule has 2 rings (SSSR count). The van der Waals surface area contributed by atoms with Crippen LogP contribution in [0.1, 0.15) is 24.9 Å². The van der Waals surface area contributed by atoms with Gasteiger partial charge in [-0.2, -0.15) is 0 Å². The highest BCUT2D eigenvalue weighted by atomic mass is 127. The van der Waals surface area contributed by atoms with Crippen molar-refractivity contribution in [2.75, 3.05) is 39.8 Å². The van der Waals surface area contributed by atoms with Gasteiger partial charge in [-0.25, -0.2) is 17.6 Å². The van der Waals surface area contributed by atoms with Crippen LogP contribution >= 0.6 is 24.0 Å². The largest absolute Gasteiger partial charge is 0.351 e. The van der Waals surface area contributed by atoms with Crippen LogP contribution in [0.5, 0.6) is 0 Å². The van der Waals surface area contributed by atoms with Crippen molar-refractivity contribution < 1.29 is 17.6 Å². The maximum atomic E-state index is 14.1. The molecule has 0 aliphatic carbocycles. The number of nitrogens with one attached hydrogen (secondary N) is 1. The van der Waals surface area contributed by atoms with E-state index in [1.807, 2.05) is 11.8 Å². The first kappa shape index (κ1) is 22.9. The van der Waals surface area contributed by atoms with Crippen molar-refractivity contribution in [2.24, 2.45) is 4.99 Å². The Morgan fingerprint density at radius 2 is 1.85 bits per heavy atom. The number of halogens is 5. The lowest BCUT2D eigenvalue weighted by atomic mass is 10.0. The summed E-state index contributed by atoms with van der Waals surface area (Å²) in [6.45, 7) is 4.01. The van der Waals surface area contributed by atoms with Gasteiger partial charge in [0.15, 0.2) is 5.96 Å². The number of alkyl halides is 2. The molecule has 1 aromatic carbocycles. The second-order valence-corrected chi connectivity index (χ2v) is 5.93. The minimum Gasteiger partial charge on any atom is -0.351 e. The summed E-state index contributed by atoms with van der Waals surface area (Å²) >= 11 is 0. The van der Waals surface area contributed by atoms with Crippen LogP contribution in [-0.2, 0) is 0 Å². The van der Waals surface area contributed by atoms with E-state index in [0.29, 0.717) is 44.1 Å². The standard InChI is InChI=1S/C17H24F4N4.HI/c1-3-15(13-5-4-12(18)10-14(13)19)24-6-8-25(9-7-24)17(22-2)23-11-16(20)21;/h4-5,10,15-16H,3,6-9,11H2,1-2H3,(H,22,23);1H. The summed E-state index contributed by atoms with van der Waals surface area (Å²) in [5.41, 5.74) is 0.484.